The van der Waals surface area contributed by atoms with Crippen molar-refractivity contribution in [2.45, 2.75) is 45.1 Å². The summed E-state index contributed by atoms with van der Waals surface area (Å²) in [6.07, 6.45) is 4.23. The molecule has 5 heteroatoms. The van der Waals surface area contributed by atoms with Gasteiger partial charge in [-0.15, -0.1) is 0 Å². The van der Waals surface area contributed by atoms with E-state index in [9.17, 15) is 14.7 Å². The van der Waals surface area contributed by atoms with Crippen molar-refractivity contribution in [1.82, 2.24) is 10.2 Å². The summed E-state index contributed by atoms with van der Waals surface area (Å²) in [6, 6.07) is -0.620. The quantitative estimate of drug-likeness (QED) is 0.766. The molecule has 0 aliphatic carbocycles. The summed E-state index contributed by atoms with van der Waals surface area (Å²) >= 11 is 0. The van der Waals surface area contributed by atoms with E-state index in [1.165, 1.54) is 0 Å². The van der Waals surface area contributed by atoms with Gasteiger partial charge < -0.3 is 15.3 Å². The molecule has 2 heterocycles. The van der Waals surface area contributed by atoms with E-state index in [2.05, 4.69) is 5.32 Å². The lowest BCUT2D eigenvalue weighted by Crippen LogP contribution is -2.56. The van der Waals surface area contributed by atoms with Gasteiger partial charge >= 0.3 is 5.97 Å². The molecule has 2 saturated heterocycles. The Bertz CT molecular complexity index is 337. The fourth-order valence-corrected chi connectivity index (χ4v) is 3.02. The first-order valence-corrected chi connectivity index (χ1v) is 6.79. The first-order valence-electron chi connectivity index (χ1n) is 6.79. The standard InChI is InChI=1S/C13H22N2O3/c1-13(6-4-7-14-9-13)12(18)15-8-3-2-5-10(15)11(16)17/h10,14H,2-9H2,1H3,(H,16,17)/t10-,13?/m0/s1. The average molecular weight is 254 g/mol. The highest BCUT2D eigenvalue weighted by molar-refractivity contribution is 5.87. The Morgan fingerprint density at radius 2 is 2.11 bits per heavy atom. The van der Waals surface area contributed by atoms with Crippen LogP contribution in [-0.4, -0.2) is 47.6 Å². The second-order valence-electron chi connectivity index (χ2n) is 5.69. The van der Waals surface area contributed by atoms with Crippen molar-refractivity contribution in [3.05, 3.63) is 0 Å². The van der Waals surface area contributed by atoms with Crippen molar-refractivity contribution < 1.29 is 14.7 Å². The minimum absolute atomic E-state index is 0.0156. The largest absolute Gasteiger partial charge is 0.480 e. The highest BCUT2D eigenvalue weighted by Crippen LogP contribution is 2.31. The second kappa shape index (κ2) is 5.26. The molecule has 0 aromatic carbocycles. The summed E-state index contributed by atoms with van der Waals surface area (Å²) in [7, 11) is 0. The molecule has 0 aromatic rings. The van der Waals surface area contributed by atoms with Crippen molar-refractivity contribution >= 4 is 11.9 Å². The number of carboxylic acids is 1. The first kappa shape index (κ1) is 13.3. The van der Waals surface area contributed by atoms with E-state index < -0.39 is 17.4 Å². The molecule has 2 N–H and O–H groups in total. The van der Waals surface area contributed by atoms with E-state index in [4.69, 9.17) is 0 Å². The van der Waals surface area contributed by atoms with Crippen LogP contribution in [0.15, 0.2) is 0 Å². The molecule has 2 rings (SSSR count). The number of carboxylic acid groups (broad SMARTS) is 1. The third kappa shape index (κ3) is 2.51. The van der Waals surface area contributed by atoms with Crippen LogP contribution in [-0.2, 0) is 9.59 Å². The number of likely N-dealkylation sites (tertiary alicyclic amines) is 1. The smallest absolute Gasteiger partial charge is 0.326 e. The van der Waals surface area contributed by atoms with Crippen LogP contribution in [0.1, 0.15) is 39.0 Å². The molecule has 18 heavy (non-hydrogen) atoms. The molecule has 0 spiro atoms. The fraction of sp³-hybridized carbons (Fsp3) is 0.846. The van der Waals surface area contributed by atoms with Crippen LogP contribution in [0.3, 0.4) is 0 Å². The Kier molecular flexibility index (Phi) is 3.90. The molecular weight excluding hydrogens is 232 g/mol. The Hall–Kier alpha value is -1.10. The Morgan fingerprint density at radius 1 is 1.33 bits per heavy atom. The van der Waals surface area contributed by atoms with Crippen molar-refractivity contribution in [2.75, 3.05) is 19.6 Å². The Labute approximate surface area is 108 Å². The summed E-state index contributed by atoms with van der Waals surface area (Å²) in [6.45, 7) is 4.15. The lowest BCUT2D eigenvalue weighted by molar-refractivity contribution is -0.157. The zero-order valence-corrected chi connectivity index (χ0v) is 10.9. The Morgan fingerprint density at radius 3 is 2.72 bits per heavy atom. The summed E-state index contributed by atoms with van der Waals surface area (Å²) in [5.41, 5.74) is -0.427. The minimum atomic E-state index is -0.865. The number of rotatable bonds is 2. The van der Waals surface area contributed by atoms with Gasteiger partial charge in [-0.3, -0.25) is 4.79 Å². The van der Waals surface area contributed by atoms with E-state index in [0.29, 0.717) is 19.5 Å². The molecule has 0 radical (unpaired) electrons. The predicted octanol–water partition coefficient (Wildman–Crippen LogP) is 0.842. The zero-order valence-electron chi connectivity index (χ0n) is 10.9. The molecule has 1 unspecified atom stereocenters. The van der Waals surface area contributed by atoms with Crippen LogP contribution < -0.4 is 5.32 Å². The van der Waals surface area contributed by atoms with Crippen LogP contribution in [0.4, 0.5) is 0 Å². The topological polar surface area (TPSA) is 69.6 Å². The van der Waals surface area contributed by atoms with Crippen LogP contribution in [0.2, 0.25) is 0 Å². The fourth-order valence-electron chi connectivity index (χ4n) is 3.02. The molecule has 0 bridgehead atoms. The lowest BCUT2D eigenvalue weighted by Gasteiger charge is -2.41. The normalized spacial score (nSPS) is 33.2. The van der Waals surface area contributed by atoms with Gasteiger partial charge in [-0.25, -0.2) is 4.79 Å². The van der Waals surface area contributed by atoms with E-state index in [-0.39, 0.29) is 5.91 Å². The second-order valence-corrected chi connectivity index (χ2v) is 5.69. The van der Waals surface area contributed by atoms with E-state index in [1.807, 2.05) is 6.92 Å². The summed E-state index contributed by atoms with van der Waals surface area (Å²) < 4.78 is 0. The van der Waals surface area contributed by atoms with Gasteiger partial charge in [0.15, 0.2) is 0 Å². The van der Waals surface area contributed by atoms with Gasteiger partial charge in [-0.1, -0.05) is 0 Å². The van der Waals surface area contributed by atoms with Gasteiger partial charge in [-0.2, -0.15) is 0 Å². The monoisotopic (exact) mass is 254 g/mol. The number of hydrogen-bond acceptors (Lipinski definition) is 3. The molecule has 5 nitrogen and oxygen atoms in total. The highest BCUT2D eigenvalue weighted by atomic mass is 16.4. The summed E-state index contributed by atoms with van der Waals surface area (Å²) in [5.74, 6) is -0.850. The molecule has 2 fully saturated rings. The SMILES string of the molecule is CC1(C(=O)N2CCCC[C@H]2C(=O)O)CCCNC1. The van der Waals surface area contributed by atoms with E-state index in [1.54, 1.807) is 4.90 Å². The maximum Gasteiger partial charge on any atom is 0.326 e. The van der Waals surface area contributed by atoms with Gasteiger partial charge in [0.05, 0.1) is 5.41 Å². The molecule has 102 valence electrons. The predicted molar refractivity (Wildman–Crippen MR) is 67.2 cm³/mol. The number of nitrogens with zero attached hydrogens (tertiary/aromatic N) is 1. The van der Waals surface area contributed by atoms with Crippen LogP contribution in [0.5, 0.6) is 0 Å². The van der Waals surface area contributed by atoms with Crippen LogP contribution >= 0.6 is 0 Å². The molecule has 2 aliphatic rings. The molecule has 0 saturated carbocycles. The maximum atomic E-state index is 12.6. The average Bonchev–Trinajstić information content (AvgIpc) is 2.38. The van der Waals surface area contributed by atoms with Gasteiger partial charge in [0.25, 0.3) is 0 Å². The summed E-state index contributed by atoms with van der Waals surface area (Å²) in [5, 5.41) is 12.5. The van der Waals surface area contributed by atoms with Crippen molar-refractivity contribution in [3.63, 3.8) is 0 Å². The maximum absolute atomic E-state index is 12.6. The Balaban J connectivity index is 2.12. The number of piperidine rings is 2. The third-order valence-electron chi connectivity index (χ3n) is 4.16. The van der Waals surface area contributed by atoms with Crippen molar-refractivity contribution in [3.8, 4) is 0 Å². The van der Waals surface area contributed by atoms with E-state index in [0.717, 1.165) is 32.2 Å². The zero-order chi connectivity index (χ0) is 13.2. The lowest BCUT2D eigenvalue weighted by atomic mass is 9.80. The van der Waals surface area contributed by atoms with Gasteiger partial charge in [0.2, 0.25) is 5.91 Å². The van der Waals surface area contributed by atoms with E-state index >= 15 is 0 Å². The number of amides is 1. The molecular formula is C13H22N2O3. The van der Waals surface area contributed by atoms with Crippen molar-refractivity contribution in [2.24, 2.45) is 5.41 Å². The highest BCUT2D eigenvalue weighted by Gasteiger charge is 2.42. The van der Waals surface area contributed by atoms with Crippen LogP contribution in [0, 0.1) is 5.41 Å². The molecule has 2 aliphatic heterocycles. The van der Waals surface area contributed by atoms with Crippen molar-refractivity contribution in [1.29, 1.82) is 0 Å². The molecule has 0 aromatic heterocycles. The molecule has 2 atom stereocenters. The minimum Gasteiger partial charge on any atom is -0.480 e. The molecule has 1 amide bonds. The number of hydrogen-bond donors (Lipinski definition) is 2. The number of aliphatic carboxylic acids is 1. The number of carbonyl (C=O) groups is 2. The van der Waals surface area contributed by atoms with Crippen LogP contribution in [0.25, 0.3) is 0 Å². The third-order valence-corrected chi connectivity index (χ3v) is 4.16. The van der Waals surface area contributed by atoms with Gasteiger partial charge in [0.1, 0.15) is 6.04 Å². The summed E-state index contributed by atoms with van der Waals surface area (Å²) in [4.78, 5) is 25.5. The van der Waals surface area contributed by atoms with Gasteiger partial charge in [0, 0.05) is 13.1 Å². The number of carbonyl (C=O) groups excluding carboxylic acids is 1. The number of nitrogens with one attached hydrogen (secondary N) is 1. The van der Waals surface area contributed by atoms with Gasteiger partial charge in [-0.05, 0) is 45.6 Å². The first-order chi connectivity index (χ1) is 8.54.